The molecule has 9 heteroatoms. The molecule has 0 fully saturated rings. The van der Waals surface area contributed by atoms with Crippen LogP contribution in [0.2, 0.25) is 5.02 Å². The molecule has 0 saturated carbocycles. The first kappa shape index (κ1) is 13.5. The van der Waals surface area contributed by atoms with E-state index in [0.717, 1.165) is 0 Å². The van der Waals surface area contributed by atoms with Crippen LogP contribution in [0.5, 0.6) is 0 Å². The van der Waals surface area contributed by atoms with Crippen LogP contribution in [-0.4, -0.2) is 40.8 Å². The zero-order chi connectivity index (χ0) is 14.8. The fourth-order valence-corrected chi connectivity index (χ4v) is 1.86. The maximum atomic E-state index is 6.03. The van der Waals surface area contributed by atoms with Gasteiger partial charge >= 0.3 is 0 Å². The van der Waals surface area contributed by atoms with Crippen LogP contribution in [0.15, 0.2) is 24.9 Å². The first-order valence-corrected chi connectivity index (χ1v) is 6.75. The quantitative estimate of drug-likeness (QED) is 0.788. The van der Waals surface area contributed by atoms with Gasteiger partial charge in [-0.2, -0.15) is 20.1 Å². The molecule has 0 aromatic carbocycles. The predicted octanol–water partition coefficient (Wildman–Crippen LogP) is 1.64. The molecule has 0 aliphatic rings. The Morgan fingerprint density at radius 2 is 2.05 bits per heavy atom. The average Bonchev–Trinajstić information content (AvgIpc) is 3.10. The SMILES string of the molecule is CCNc1nc(-n2ccnc2)nc(-n2cc(Cl)c(C)n2)n1. The number of nitrogens with one attached hydrogen (secondary N) is 1. The van der Waals surface area contributed by atoms with Gasteiger partial charge in [-0.3, -0.25) is 4.57 Å². The largest absolute Gasteiger partial charge is 0.354 e. The summed E-state index contributed by atoms with van der Waals surface area (Å²) in [6.45, 7) is 4.49. The van der Waals surface area contributed by atoms with Crippen molar-refractivity contribution in [1.82, 2.24) is 34.3 Å². The summed E-state index contributed by atoms with van der Waals surface area (Å²) in [4.78, 5) is 17.0. The number of aromatic nitrogens is 7. The highest BCUT2D eigenvalue weighted by atomic mass is 35.5. The minimum atomic E-state index is 0.389. The van der Waals surface area contributed by atoms with Gasteiger partial charge < -0.3 is 5.32 Å². The number of nitrogens with zero attached hydrogens (tertiary/aromatic N) is 7. The molecule has 0 spiro atoms. The molecule has 21 heavy (non-hydrogen) atoms. The predicted molar refractivity (Wildman–Crippen MR) is 78.0 cm³/mol. The first-order valence-electron chi connectivity index (χ1n) is 6.38. The molecule has 0 bridgehead atoms. The van der Waals surface area contributed by atoms with Crippen molar-refractivity contribution >= 4 is 17.5 Å². The van der Waals surface area contributed by atoms with E-state index in [1.807, 2.05) is 13.8 Å². The van der Waals surface area contributed by atoms with Gasteiger partial charge in [0.25, 0.3) is 5.95 Å². The monoisotopic (exact) mass is 304 g/mol. The molecule has 0 saturated heterocycles. The molecule has 8 nitrogen and oxygen atoms in total. The minimum absolute atomic E-state index is 0.389. The molecule has 108 valence electrons. The number of imidazole rings is 1. The van der Waals surface area contributed by atoms with E-state index < -0.39 is 0 Å². The van der Waals surface area contributed by atoms with E-state index in [4.69, 9.17) is 11.6 Å². The molecule has 3 aromatic rings. The van der Waals surface area contributed by atoms with Crippen molar-refractivity contribution in [2.75, 3.05) is 11.9 Å². The van der Waals surface area contributed by atoms with Crippen molar-refractivity contribution in [3.63, 3.8) is 0 Å². The van der Waals surface area contributed by atoms with Gasteiger partial charge in [-0.05, 0) is 13.8 Å². The maximum absolute atomic E-state index is 6.03. The van der Waals surface area contributed by atoms with Crippen LogP contribution in [0.3, 0.4) is 0 Å². The van der Waals surface area contributed by atoms with E-state index in [1.165, 1.54) is 4.68 Å². The zero-order valence-electron chi connectivity index (χ0n) is 11.5. The molecule has 0 unspecified atom stereocenters. The Bertz CT molecular complexity index is 729. The summed E-state index contributed by atoms with van der Waals surface area (Å²) in [5.41, 5.74) is 0.714. The highest BCUT2D eigenvalue weighted by Gasteiger charge is 2.11. The normalized spacial score (nSPS) is 10.8. The lowest BCUT2D eigenvalue weighted by Gasteiger charge is -2.07. The summed E-state index contributed by atoms with van der Waals surface area (Å²) in [7, 11) is 0. The van der Waals surface area contributed by atoms with Crippen LogP contribution in [0.4, 0.5) is 5.95 Å². The zero-order valence-corrected chi connectivity index (χ0v) is 12.3. The van der Waals surface area contributed by atoms with Crippen LogP contribution in [0, 0.1) is 6.92 Å². The number of halogens is 1. The molecule has 0 amide bonds. The molecular weight excluding hydrogens is 292 g/mol. The van der Waals surface area contributed by atoms with Gasteiger partial charge in [0.15, 0.2) is 0 Å². The van der Waals surface area contributed by atoms with Gasteiger partial charge in [0.1, 0.15) is 6.33 Å². The summed E-state index contributed by atoms with van der Waals surface area (Å²) in [6.07, 6.45) is 6.71. The lowest BCUT2D eigenvalue weighted by molar-refractivity contribution is 0.767. The van der Waals surface area contributed by atoms with Gasteiger partial charge in [0.2, 0.25) is 11.9 Å². The van der Waals surface area contributed by atoms with E-state index >= 15 is 0 Å². The first-order chi connectivity index (χ1) is 10.2. The second-order valence-corrected chi connectivity index (χ2v) is 4.67. The Morgan fingerprint density at radius 3 is 2.67 bits per heavy atom. The maximum Gasteiger partial charge on any atom is 0.257 e. The van der Waals surface area contributed by atoms with Crippen molar-refractivity contribution < 1.29 is 0 Å². The van der Waals surface area contributed by atoms with Crippen LogP contribution in [0.25, 0.3) is 11.9 Å². The Kier molecular flexibility index (Phi) is 3.53. The molecule has 3 aromatic heterocycles. The minimum Gasteiger partial charge on any atom is -0.354 e. The molecule has 1 N–H and O–H groups in total. The Labute approximate surface area is 125 Å². The lowest BCUT2D eigenvalue weighted by Crippen LogP contribution is -2.12. The van der Waals surface area contributed by atoms with Gasteiger partial charge in [-0.15, -0.1) is 0 Å². The van der Waals surface area contributed by atoms with Crippen molar-refractivity contribution in [2.45, 2.75) is 13.8 Å². The van der Waals surface area contributed by atoms with Crippen molar-refractivity contribution in [1.29, 1.82) is 0 Å². The number of hydrogen-bond acceptors (Lipinski definition) is 6. The number of anilines is 1. The summed E-state index contributed by atoms with van der Waals surface area (Å²) in [6, 6.07) is 0. The van der Waals surface area contributed by atoms with Crippen LogP contribution in [0.1, 0.15) is 12.6 Å². The molecule has 3 rings (SSSR count). The van der Waals surface area contributed by atoms with E-state index in [1.54, 1.807) is 29.5 Å². The van der Waals surface area contributed by atoms with E-state index in [2.05, 4.69) is 30.4 Å². The van der Waals surface area contributed by atoms with E-state index in [0.29, 0.717) is 35.1 Å². The number of hydrogen-bond donors (Lipinski definition) is 1. The Morgan fingerprint density at radius 1 is 1.24 bits per heavy atom. The standard InChI is InChI=1S/C12H13ClN8/c1-3-15-10-16-11(20-5-4-14-7-20)18-12(17-10)21-6-9(13)8(2)19-21/h4-7H,3H2,1-2H3,(H,15,16,17,18). The fraction of sp³-hybridized carbons (Fsp3) is 0.250. The smallest absolute Gasteiger partial charge is 0.257 e. The molecule has 0 radical (unpaired) electrons. The molecule has 0 aliphatic heterocycles. The molecule has 3 heterocycles. The second-order valence-electron chi connectivity index (χ2n) is 4.27. The van der Waals surface area contributed by atoms with Crippen LogP contribution < -0.4 is 5.32 Å². The summed E-state index contributed by atoms with van der Waals surface area (Å²) >= 11 is 6.03. The lowest BCUT2D eigenvalue weighted by atomic mass is 10.5. The topological polar surface area (TPSA) is 86.3 Å². The average molecular weight is 305 g/mol. The molecular formula is C12H13ClN8. The van der Waals surface area contributed by atoms with Crippen molar-refractivity contribution in [3.05, 3.63) is 35.6 Å². The van der Waals surface area contributed by atoms with Crippen LogP contribution in [-0.2, 0) is 0 Å². The fourth-order valence-electron chi connectivity index (χ4n) is 1.73. The summed E-state index contributed by atoms with van der Waals surface area (Å²) < 4.78 is 3.23. The molecule has 0 aliphatic carbocycles. The van der Waals surface area contributed by atoms with E-state index in [-0.39, 0.29) is 0 Å². The van der Waals surface area contributed by atoms with Crippen LogP contribution >= 0.6 is 11.6 Å². The van der Waals surface area contributed by atoms with Gasteiger partial charge in [-0.1, -0.05) is 11.6 Å². The van der Waals surface area contributed by atoms with Gasteiger partial charge in [-0.25, -0.2) is 9.67 Å². The van der Waals surface area contributed by atoms with Crippen molar-refractivity contribution in [2.24, 2.45) is 0 Å². The van der Waals surface area contributed by atoms with E-state index in [9.17, 15) is 0 Å². The highest BCUT2D eigenvalue weighted by molar-refractivity contribution is 6.31. The Balaban J connectivity index is 2.11. The Hall–Kier alpha value is -2.48. The third kappa shape index (κ3) is 2.70. The summed E-state index contributed by atoms with van der Waals surface area (Å²) in [5.74, 6) is 1.31. The van der Waals surface area contributed by atoms with Crippen molar-refractivity contribution in [3.8, 4) is 11.9 Å². The number of rotatable bonds is 4. The summed E-state index contributed by atoms with van der Waals surface area (Å²) in [5, 5.41) is 7.91. The van der Waals surface area contributed by atoms with Gasteiger partial charge in [0, 0.05) is 18.9 Å². The second kappa shape index (κ2) is 5.49. The molecule has 0 atom stereocenters. The number of aryl methyl sites for hydroxylation is 1. The highest BCUT2D eigenvalue weighted by Crippen LogP contribution is 2.15. The van der Waals surface area contributed by atoms with Gasteiger partial charge in [0.05, 0.1) is 16.9 Å². The third-order valence-electron chi connectivity index (χ3n) is 2.73. The third-order valence-corrected chi connectivity index (χ3v) is 3.10.